The number of nitrogens with one attached hydrogen (secondary N) is 1. The number of benzene rings is 1. The Morgan fingerprint density at radius 3 is 2.47 bits per heavy atom. The fourth-order valence-corrected chi connectivity index (χ4v) is 1.50. The first-order chi connectivity index (χ1) is 9.02. The number of carbonyl (C=O) groups is 2. The van der Waals surface area contributed by atoms with Gasteiger partial charge in [-0.15, -0.1) is 0 Å². The molecule has 0 aliphatic rings. The largest absolute Gasteiger partial charge is 0.493 e. The smallest absolute Gasteiger partial charge is 0.326 e. The van der Waals surface area contributed by atoms with Crippen LogP contribution < -0.4 is 10.1 Å². The van der Waals surface area contributed by atoms with Crippen LogP contribution in [0.3, 0.4) is 0 Å². The van der Waals surface area contributed by atoms with Gasteiger partial charge in [0.25, 0.3) is 0 Å². The quantitative estimate of drug-likeness (QED) is 0.787. The standard InChI is InChI=1S/C14H19NO4/c1-3-12(14(17)18)15-13(16)8-9-19-11-6-4-10(2)5-7-11/h4-7,12H,3,8-9H2,1-2H3,(H,15,16)(H,17,18)/t12-/m0/s1. The third-order valence-electron chi connectivity index (χ3n) is 2.66. The minimum atomic E-state index is -1.02. The number of carbonyl (C=O) groups excluding carboxylic acids is 1. The summed E-state index contributed by atoms with van der Waals surface area (Å²) in [6, 6.07) is 6.69. The summed E-state index contributed by atoms with van der Waals surface area (Å²) in [4.78, 5) is 22.3. The van der Waals surface area contributed by atoms with Crippen molar-refractivity contribution in [1.82, 2.24) is 5.32 Å². The Hall–Kier alpha value is -2.04. The van der Waals surface area contributed by atoms with Gasteiger partial charge in [0.05, 0.1) is 13.0 Å². The van der Waals surface area contributed by atoms with Crippen molar-refractivity contribution in [3.8, 4) is 5.75 Å². The molecule has 1 rings (SSSR count). The zero-order chi connectivity index (χ0) is 14.3. The average molecular weight is 265 g/mol. The van der Waals surface area contributed by atoms with Crippen molar-refractivity contribution in [2.75, 3.05) is 6.61 Å². The first-order valence-electron chi connectivity index (χ1n) is 6.24. The van der Waals surface area contributed by atoms with E-state index in [0.29, 0.717) is 12.2 Å². The molecule has 5 nitrogen and oxygen atoms in total. The molecule has 0 fully saturated rings. The first kappa shape index (κ1) is 15.0. The summed E-state index contributed by atoms with van der Waals surface area (Å²) in [7, 11) is 0. The van der Waals surface area contributed by atoms with Gasteiger partial charge in [0.15, 0.2) is 0 Å². The summed E-state index contributed by atoms with van der Waals surface area (Å²) >= 11 is 0. The molecule has 0 aliphatic carbocycles. The van der Waals surface area contributed by atoms with Crippen molar-refractivity contribution in [1.29, 1.82) is 0 Å². The van der Waals surface area contributed by atoms with Crippen molar-refractivity contribution < 1.29 is 19.4 Å². The number of aliphatic carboxylic acids is 1. The monoisotopic (exact) mass is 265 g/mol. The molecule has 5 heteroatoms. The Bertz CT molecular complexity index is 428. The van der Waals surface area contributed by atoms with Gasteiger partial charge in [-0.3, -0.25) is 4.79 Å². The minimum Gasteiger partial charge on any atom is -0.493 e. The maximum absolute atomic E-state index is 11.5. The number of carboxylic acid groups (broad SMARTS) is 1. The molecule has 2 N–H and O–H groups in total. The third-order valence-corrected chi connectivity index (χ3v) is 2.66. The molecule has 1 aromatic rings. The molecule has 0 heterocycles. The second-order valence-corrected chi connectivity index (χ2v) is 4.28. The van der Waals surface area contributed by atoms with Gasteiger partial charge in [-0.25, -0.2) is 4.79 Å². The summed E-state index contributed by atoms with van der Waals surface area (Å²) in [5, 5.41) is 11.2. The Kier molecular flexibility index (Phi) is 5.85. The van der Waals surface area contributed by atoms with Crippen LogP contribution >= 0.6 is 0 Å². The second-order valence-electron chi connectivity index (χ2n) is 4.28. The van der Waals surface area contributed by atoms with Crippen LogP contribution in [0.15, 0.2) is 24.3 Å². The lowest BCUT2D eigenvalue weighted by Gasteiger charge is -2.12. The van der Waals surface area contributed by atoms with E-state index in [-0.39, 0.29) is 18.9 Å². The molecular weight excluding hydrogens is 246 g/mol. The highest BCUT2D eigenvalue weighted by atomic mass is 16.5. The zero-order valence-corrected chi connectivity index (χ0v) is 11.2. The van der Waals surface area contributed by atoms with Crippen molar-refractivity contribution in [3.05, 3.63) is 29.8 Å². The predicted molar refractivity (Wildman–Crippen MR) is 71.1 cm³/mol. The summed E-state index contributed by atoms with van der Waals surface area (Å²) in [5.74, 6) is -0.639. The number of hydrogen-bond acceptors (Lipinski definition) is 3. The van der Waals surface area contributed by atoms with Crippen LogP contribution in [0.5, 0.6) is 5.75 Å². The van der Waals surface area contributed by atoms with E-state index in [0.717, 1.165) is 5.56 Å². The van der Waals surface area contributed by atoms with Crippen LogP contribution in [0.1, 0.15) is 25.3 Å². The van der Waals surface area contributed by atoms with Crippen LogP contribution in [0.2, 0.25) is 0 Å². The maximum atomic E-state index is 11.5. The highest BCUT2D eigenvalue weighted by Crippen LogP contribution is 2.11. The van der Waals surface area contributed by atoms with Crippen LogP contribution in [0.4, 0.5) is 0 Å². The molecule has 0 unspecified atom stereocenters. The van der Waals surface area contributed by atoms with E-state index in [2.05, 4.69) is 5.32 Å². The Balaban J connectivity index is 2.30. The molecule has 1 atom stereocenters. The molecule has 1 aromatic carbocycles. The van der Waals surface area contributed by atoms with Gasteiger partial charge in [0.1, 0.15) is 11.8 Å². The Morgan fingerprint density at radius 1 is 1.32 bits per heavy atom. The fraction of sp³-hybridized carbons (Fsp3) is 0.429. The van der Waals surface area contributed by atoms with Crippen molar-refractivity contribution in [3.63, 3.8) is 0 Å². The van der Waals surface area contributed by atoms with Gasteiger partial charge in [-0.05, 0) is 25.5 Å². The summed E-state index contributed by atoms with van der Waals surface area (Å²) < 4.78 is 5.40. The first-order valence-corrected chi connectivity index (χ1v) is 6.24. The second kappa shape index (κ2) is 7.41. The number of amides is 1. The molecule has 0 saturated heterocycles. The van der Waals surface area contributed by atoms with Crippen LogP contribution in [0.25, 0.3) is 0 Å². The molecule has 0 aromatic heterocycles. The van der Waals surface area contributed by atoms with E-state index in [1.165, 1.54) is 0 Å². The SMILES string of the molecule is CC[C@H](NC(=O)CCOc1ccc(C)cc1)C(=O)O. The lowest BCUT2D eigenvalue weighted by atomic mass is 10.2. The third kappa shape index (κ3) is 5.42. The minimum absolute atomic E-state index is 0.137. The number of ether oxygens (including phenoxy) is 1. The van der Waals surface area contributed by atoms with E-state index >= 15 is 0 Å². The molecule has 0 saturated carbocycles. The van der Waals surface area contributed by atoms with E-state index < -0.39 is 12.0 Å². The van der Waals surface area contributed by atoms with Gasteiger partial charge in [0.2, 0.25) is 5.91 Å². The van der Waals surface area contributed by atoms with Gasteiger partial charge in [0, 0.05) is 0 Å². The normalized spacial score (nSPS) is 11.7. The van der Waals surface area contributed by atoms with E-state index in [4.69, 9.17) is 9.84 Å². The fourth-order valence-electron chi connectivity index (χ4n) is 1.50. The average Bonchev–Trinajstić information content (AvgIpc) is 2.38. The highest BCUT2D eigenvalue weighted by molar-refractivity contribution is 5.83. The van der Waals surface area contributed by atoms with E-state index in [9.17, 15) is 9.59 Å². The summed E-state index contributed by atoms with van der Waals surface area (Å²) in [5.41, 5.74) is 1.14. The van der Waals surface area contributed by atoms with Crippen molar-refractivity contribution in [2.45, 2.75) is 32.7 Å². The van der Waals surface area contributed by atoms with Crippen molar-refractivity contribution in [2.24, 2.45) is 0 Å². The van der Waals surface area contributed by atoms with E-state index in [1.807, 2.05) is 31.2 Å². The van der Waals surface area contributed by atoms with Crippen LogP contribution in [-0.2, 0) is 9.59 Å². The molecule has 19 heavy (non-hydrogen) atoms. The molecule has 104 valence electrons. The maximum Gasteiger partial charge on any atom is 0.326 e. The highest BCUT2D eigenvalue weighted by Gasteiger charge is 2.17. The summed E-state index contributed by atoms with van der Waals surface area (Å²) in [6.45, 7) is 3.92. The van der Waals surface area contributed by atoms with Gasteiger partial charge in [-0.1, -0.05) is 24.6 Å². The van der Waals surface area contributed by atoms with Gasteiger partial charge >= 0.3 is 5.97 Å². The Morgan fingerprint density at radius 2 is 1.95 bits per heavy atom. The van der Waals surface area contributed by atoms with Crippen molar-refractivity contribution >= 4 is 11.9 Å². The number of aryl methyl sites for hydroxylation is 1. The predicted octanol–water partition coefficient (Wildman–Crippen LogP) is 1.74. The molecule has 1 amide bonds. The lowest BCUT2D eigenvalue weighted by molar-refractivity contribution is -0.142. The molecule has 0 spiro atoms. The van der Waals surface area contributed by atoms with Crippen LogP contribution in [-0.4, -0.2) is 29.6 Å². The van der Waals surface area contributed by atoms with Crippen LogP contribution in [0, 0.1) is 6.92 Å². The number of rotatable bonds is 7. The Labute approximate surface area is 112 Å². The molecule has 0 aliphatic heterocycles. The lowest BCUT2D eigenvalue weighted by Crippen LogP contribution is -2.40. The zero-order valence-electron chi connectivity index (χ0n) is 11.2. The molecule has 0 radical (unpaired) electrons. The number of carboxylic acids is 1. The van der Waals surface area contributed by atoms with E-state index in [1.54, 1.807) is 6.92 Å². The van der Waals surface area contributed by atoms with Gasteiger partial charge < -0.3 is 15.2 Å². The van der Waals surface area contributed by atoms with Gasteiger partial charge in [-0.2, -0.15) is 0 Å². The summed E-state index contributed by atoms with van der Waals surface area (Å²) in [6.07, 6.45) is 0.498. The molecule has 0 bridgehead atoms. The number of hydrogen-bond donors (Lipinski definition) is 2. The topological polar surface area (TPSA) is 75.6 Å². The molecular formula is C14H19NO4.